The average Bonchev–Trinajstić information content (AvgIpc) is 2.82. The predicted molar refractivity (Wildman–Crippen MR) is 80.4 cm³/mol. The molecular formula is C14H17ClN2OS. The van der Waals surface area contributed by atoms with Crippen LogP contribution in [0.15, 0.2) is 23.6 Å². The SMILES string of the molecule is COc1ccc(Cl)cc1CC(CN)c1nc(C)cs1. The quantitative estimate of drug-likeness (QED) is 0.920. The van der Waals surface area contributed by atoms with Crippen LogP contribution >= 0.6 is 22.9 Å². The van der Waals surface area contributed by atoms with Gasteiger partial charge in [0, 0.05) is 28.6 Å². The normalized spacial score (nSPS) is 12.4. The molecule has 5 heteroatoms. The second-order valence-electron chi connectivity index (χ2n) is 4.42. The van der Waals surface area contributed by atoms with Gasteiger partial charge in [0.05, 0.1) is 12.1 Å². The van der Waals surface area contributed by atoms with Crippen molar-refractivity contribution in [3.05, 3.63) is 44.9 Å². The second-order valence-corrected chi connectivity index (χ2v) is 5.75. The molecule has 0 bridgehead atoms. The number of hydrogen-bond acceptors (Lipinski definition) is 4. The zero-order valence-electron chi connectivity index (χ0n) is 11.0. The van der Waals surface area contributed by atoms with Crippen molar-refractivity contribution in [1.29, 1.82) is 0 Å². The number of thiazole rings is 1. The summed E-state index contributed by atoms with van der Waals surface area (Å²) in [6.45, 7) is 2.55. The Morgan fingerprint density at radius 3 is 2.84 bits per heavy atom. The van der Waals surface area contributed by atoms with E-state index >= 15 is 0 Å². The topological polar surface area (TPSA) is 48.1 Å². The van der Waals surface area contributed by atoms with E-state index in [-0.39, 0.29) is 5.92 Å². The maximum absolute atomic E-state index is 6.05. The zero-order valence-corrected chi connectivity index (χ0v) is 12.6. The molecule has 0 amide bonds. The summed E-state index contributed by atoms with van der Waals surface area (Å²) >= 11 is 7.70. The first-order valence-electron chi connectivity index (χ1n) is 6.08. The fraction of sp³-hybridized carbons (Fsp3) is 0.357. The fourth-order valence-corrected chi connectivity index (χ4v) is 3.11. The van der Waals surface area contributed by atoms with Gasteiger partial charge in [0.1, 0.15) is 5.75 Å². The Balaban J connectivity index is 2.25. The van der Waals surface area contributed by atoms with Crippen molar-refractivity contribution in [3.63, 3.8) is 0 Å². The van der Waals surface area contributed by atoms with Crippen molar-refractivity contribution in [1.82, 2.24) is 4.98 Å². The first kappa shape index (κ1) is 14.3. The predicted octanol–water partition coefficient (Wildman–Crippen LogP) is 3.40. The van der Waals surface area contributed by atoms with Crippen molar-refractivity contribution >= 4 is 22.9 Å². The number of benzene rings is 1. The van der Waals surface area contributed by atoms with Crippen molar-refractivity contribution in [2.75, 3.05) is 13.7 Å². The van der Waals surface area contributed by atoms with Gasteiger partial charge in [0.15, 0.2) is 0 Å². The van der Waals surface area contributed by atoms with E-state index in [0.29, 0.717) is 11.6 Å². The van der Waals surface area contributed by atoms with Gasteiger partial charge < -0.3 is 10.5 Å². The molecular weight excluding hydrogens is 280 g/mol. The van der Waals surface area contributed by atoms with E-state index in [0.717, 1.165) is 28.4 Å². The number of nitrogens with two attached hydrogens (primary N) is 1. The molecule has 1 atom stereocenters. The van der Waals surface area contributed by atoms with Gasteiger partial charge in [-0.15, -0.1) is 11.3 Å². The first-order valence-corrected chi connectivity index (χ1v) is 7.34. The van der Waals surface area contributed by atoms with Crippen molar-refractivity contribution in [2.45, 2.75) is 19.3 Å². The molecule has 0 aliphatic heterocycles. The highest BCUT2D eigenvalue weighted by molar-refractivity contribution is 7.09. The minimum Gasteiger partial charge on any atom is -0.496 e. The molecule has 0 aliphatic carbocycles. The largest absolute Gasteiger partial charge is 0.496 e. The summed E-state index contributed by atoms with van der Waals surface area (Å²) in [6, 6.07) is 5.65. The summed E-state index contributed by atoms with van der Waals surface area (Å²) < 4.78 is 5.37. The number of nitrogens with zero attached hydrogens (tertiary/aromatic N) is 1. The monoisotopic (exact) mass is 296 g/mol. The second kappa shape index (κ2) is 6.37. The molecule has 0 saturated heterocycles. The van der Waals surface area contributed by atoms with Gasteiger partial charge in [0.2, 0.25) is 0 Å². The molecule has 2 aromatic rings. The number of ether oxygens (including phenoxy) is 1. The Hall–Kier alpha value is -1.10. The third-order valence-corrected chi connectivity index (χ3v) is 4.34. The van der Waals surface area contributed by atoms with Gasteiger partial charge >= 0.3 is 0 Å². The number of halogens is 1. The molecule has 2 rings (SSSR count). The van der Waals surface area contributed by atoms with Crippen LogP contribution in [0.25, 0.3) is 0 Å². The Kier molecular flexibility index (Phi) is 4.80. The molecule has 0 aliphatic rings. The van der Waals surface area contributed by atoms with Crippen molar-refractivity contribution < 1.29 is 4.74 Å². The van der Waals surface area contributed by atoms with E-state index < -0.39 is 0 Å². The molecule has 1 heterocycles. The summed E-state index contributed by atoms with van der Waals surface area (Å²) in [4.78, 5) is 4.52. The van der Waals surface area contributed by atoms with E-state index in [1.165, 1.54) is 0 Å². The minimum absolute atomic E-state index is 0.200. The van der Waals surface area contributed by atoms with E-state index in [9.17, 15) is 0 Å². The number of aryl methyl sites for hydroxylation is 1. The lowest BCUT2D eigenvalue weighted by molar-refractivity contribution is 0.408. The van der Waals surface area contributed by atoms with E-state index in [1.54, 1.807) is 18.4 Å². The first-order chi connectivity index (χ1) is 9.13. The zero-order chi connectivity index (χ0) is 13.8. The molecule has 1 aromatic heterocycles. The molecule has 3 nitrogen and oxygen atoms in total. The van der Waals surface area contributed by atoms with Crippen LogP contribution < -0.4 is 10.5 Å². The minimum atomic E-state index is 0.200. The number of rotatable bonds is 5. The van der Waals surface area contributed by atoms with Crippen LogP contribution in [0.3, 0.4) is 0 Å². The highest BCUT2D eigenvalue weighted by atomic mass is 35.5. The van der Waals surface area contributed by atoms with Gasteiger partial charge in [-0.3, -0.25) is 0 Å². The standard InChI is InChI=1S/C14H17ClN2OS/c1-9-8-19-14(17-9)11(7-16)5-10-6-12(15)3-4-13(10)18-2/h3-4,6,8,11H,5,7,16H2,1-2H3. The molecule has 1 aromatic carbocycles. The Morgan fingerprint density at radius 1 is 1.47 bits per heavy atom. The van der Waals surface area contributed by atoms with Crippen LogP contribution in [0.5, 0.6) is 5.75 Å². The third-order valence-electron chi connectivity index (χ3n) is 2.98. The smallest absolute Gasteiger partial charge is 0.122 e. The maximum atomic E-state index is 6.05. The molecule has 19 heavy (non-hydrogen) atoms. The number of aromatic nitrogens is 1. The number of methoxy groups -OCH3 is 1. The van der Waals surface area contributed by atoms with Gasteiger partial charge in [-0.25, -0.2) is 4.98 Å². The van der Waals surface area contributed by atoms with Crippen LogP contribution in [-0.2, 0) is 6.42 Å². The summed E-state index contributed by atoms with van der Waals surface area (Å²) in [5, 5.41) is 3.83. The molecule has 102 valence electrons. The molecule has 0 fully saturated rings. The molecule has 0 radical (unpaired) electrons. The van der Waals surface area contributed by atoms with Crippen LogP contribution in [0.2, 0.25) is 5.02 Å². The van der Waals surface area contributed by atoms with Gasteiger partial charge in [-0.2, -0.15) is 0 Å². The Bertz CT molecular complexity index is 556. The third kappa shape index (κ3) is 3.47. The Labute approximate surface area is 122 Å². The average molecular weight is 297 g/mol. The van der Waals surface area contributed by atoms with Gasteiger partial charge in [-0.05, 0) is 37.1 Å². The lowest BCUT2D eigenvalue weighted by Gasteiger charge is -2.15. The Morgan fingerprint density at radius 2 is 2.26 bits per heavy atom. The maximum Gasteiger partial charge on any atom is 0.122 e. The van der Waals surface area contributed by atoms with E-state index in [2.05, 4.69) is 4.98 Å². The lowest BCUT2D eigenvalue weighted by atomic mass is 9.99. The molecule has 2 N–H and O–H groups in total. The van der Waals surface area contributed by atoms with Crippen LogP contribution in [0.1, 0.15) is 22.2 Å². The highest BCUT2D eigenvalue weighted by Crippen LogP contribution is 2.29. The van der Waals surface area contributed by atoms with Gasteiger partial charge in [-0.1, -0.05) is 11.6 Å². The highest BCUT2D eigenvalue weighted by Gasteiger charge is 2.16. The van der Waals surface area contributed by atoms with Crippen LogP contribution in [0, 0.1) is 6.92 Å². The van der Waals surface area contributed by atoms with E-state index in [4.69, 9.17) is 22.1 Å². The summed E-state index contributed by atoms with van der Waals surface area (Å²) in [5.74, 6) is 1.04. The lowest BCUT2D eigenvalue weighted by Crippen LogP contribution is -2.15. The van der Waals surface area contributed by atoms with Crippen molar-refractivity contribution in [3.8, 4) is 5.75 Å². The fourth-order valence-electron chi connectivity index (χ4n) is 2.00. The van der Waals surface area contributed by atoms with E-state index in [1.807, 2.05) is 30.5 Å². The summed E-state index contributed by atoms with van der Waals surface area (Å²) in [7, 11) is 1.66. The van der Waals surface area contributed by atoms with Crippen LogP contribution in [0.4, 0.5) is 0 Å². The van der Waals surface area contributed by atoms with Crippen LogP contribution in [-0.4, -0.2) is 18.6 Å². The van der Waals surface area contributed by atoms with Crippen molar-refractivity contribution in [2.24, 2.45) is 5.73 Å². The molecule has 1 unspecified atom stereocenters. The molecule has 0 saturated carbocycles. The summed E-state index contributed by atoms with van der Waals surface area (Å²) in [5.41, 5.74) is 7.99. The van der Waals surface area contributed by atoms with Gasteiger partial charge in [0.25, 0.3) is 0 Å². The number of hydrogen-bond donors (Lipinski definition) is 1. The molecule has 0 spiro atoms. The summed E-state index contributed by atoms with van der Waals surface area (Å²) in [6.07, 6.45) is 0.785.